The molecule has 0 heterocycles. The lowest BCUT2D eigenvalue weighted by Crippen LogP contribution is -2.45. The zero-order valence-electron chi connectivity index (χ0n) is 14.3. The molecule has 0 bridgehead atoms. The monoisotopic (exact) mass is 310 g/mol. The van der Waals surface area contributed by atoms with Crippen molar-refractivity contribution in [1.82, 2.24) is 15.5 Å². The molecule has 0 spiro atoms. The molecule has 0 saturated heterocycles. The molecule has 0 aromatic heterocycles. The molecule has 1 amide bonds. The van der Waals surface area contributed by atoms with Crippen LogP contribution in [-0.4, -0.2) is 55.3 Å². The topological polar surface area (TPSA) is 66.0 Å². The van der Waals surface area contributed by atoms with Crippen LogP contribution >= 0.6 is 0 Å². The van der Waals surface area contributed by atoms with E-state index in [1.807, 2.05) is 25.7 Å². The van der Waals surface area contributed by atoms with Gasteiger partial charge >= 0.3 is 6.09 Å². The van der Waals surface area contributed by atoms with Crippen molar-refractivity contribution in [1.29, 1.82) is 0 Å². The van der Waals surface area contributed by atoms with Crippen molar-refractivity contribution in [2.24, 2.45) is 10.9 Å². The first-order valence-electron chi connectivity index (χ1n) is 8.33. The van der Waals surface area contributed by atoms with Crippen LogP contribution in [0, 0.1) is 5.92 Å². The summed E-state index contributed by atoms with van der Waals surface area (Å²) in [7, 11) is 1.77. The number of carbonyl (C=O) groups excluding carboxylic acids is 1. The quantitative estimate of drug-likeness (QED) is 0.581. The van der Waals surface area contributed by atoms with Gasteiger partial charge < -0.3 is 20.3 Å². The summed E-state index contributed by atoms with van der Waals surface area (Å²) in [6, 6.07) is 0.345. The van der Waals surface area contributed by atoms with Gasteiger partial charge in [0.25, 0.3) is 0 Å². The van der Waals surface area contributed by atoms with Gasteiger partial charge in [-0.15, -0.1) is 0 Å². The minimum atomic E-state index is -0.445. The molecule has 0 radical (unpaired) electrons. The van der Waals surface area contributed by atoms with E-state index in [9.17, 15) is 4.79 Å². The van der Waals surface area contributed by atoms with Gasteiger partial charge in [-0.05, 0) is 52.4 Å². The lowest BCUT2D eigenvalue weighted by Gasteiger charge is -2.27. The number of guanidine groups is 1. The summed E-state index contributed by atoms with van der Waals surface area (Å²) in [6.07, 6.45) is 4.58. The number of nitrogens with zero attached hydrogens (tertiary/aromatic N) is 2. The first-order valence-corrected chi connectivity index (χ1v) is 8.33. The van der Waals surface area contributed by atoms with Crippen molar-refractivity contribution < 1.29 is 9.53 Å². The molecule has 6 nitrogen and oxygen atoms in total. The number of carbonyl (C=O) groups is 1. The lowest BCUT2D eigenvalue weighted by atomic mass is 10.2. The molecule has 126 valence electrons. The highest BCUT2D eigenvalue weighted by Gasteiger charge is 2.34. The Morgan fingerprint density at radius 1 is 1.23 bits per heavy atom. The molecule has 2 saturated carbocycles. The Morgan fingerprint density at radius 3 is 2.41 bits per heavy atom. The van der Waals surface area contributed by atoms with E-state index < -0.39 is 5.60 Å². The molecule has 0 aromatic rings. The normalized spacial score (nSPS) is 18.8. The van der Waals surface area contributed by atoms with E-state index in [0.29, 0.717) is 19.1 Å². The largest absolute Gasteiger partial charge is 0.444 e. The van der Waals surface area contributed by atoms with E-state index in [0.717, 1.165) is 31.3 Å². The van der Waals surface area contributed by atoms with Crippen molar-refractivity contribution in [2.45, 2.75) is 58.1 Å². The molecule has 2 N–H and O–H groups in total. The molecule has 22 heavy (non-hydrogen) atoms. The molecule has 6 heteroatoms. The second-order valence-electron chi connectivity index (χ2n) is 7.23. The van der Waals surface area contributed by atoms with E-state index in [4.69, 9.17) is 4.74 Å². The second kappa shape index (κ2) is 7.20. The Kier molecular flexibility index (Phi) is 5.53. The van der Waals surface area contributed by atoms with Gasteiger partial charge in [-0.1, -0.05) is 0 Å². The standard InChI is InChI=1S/C16H30N4O2/c1-16(2,3)22-15(21)20(13-7-8-13)10-9-18-14(17-4)19-11-12-5-6-12/h12-13H,5-11H2,1-4H3,(H2,17,18,19). The zero-order valence-corrected chi connectivity index (χ0v) is 14.3. The van der Waals surface area contributed by atoms with Gasteiger partial charge in [0, 0.05) is 32.7 Å². The van der Waals surface area contributed by atoms with E-state index in [2.05, 4.69) is 15.6 Å². The average Bonchev–Trinajstić information content (AvgIpc) is 3.28. The number of rotatable bonds is 6. The Labute approximate surface area is 133 Å². The molecule has 0 aromatic carbocycles. The van der Waals surface area contributed by atoms with Gasteiger partial charge in [0.2, 0.25) is 0 Å². The first kappa shape index (κ1) is 16.9. The van der Waals surface area contributed by atoms with Gasteiger partial charge in [0.1, 0.15) is 5.60 Å². The predicted octanol–water partition coefficient (Wildman–Crippen LogP) is 1.96. The van der Waals surface area contributed by atoms with Gasteiger partial charge in [-0.3, -0.25) is 4.99 Å². The molecule has 0 aliphatic heterocycles. The van der Waals surface area contributed by atoms with E-state index in [1.54, 1.807) is 7.05 Å². The summed E-state index contributed by atoms with van der Waals surface area (Å²) in [6.45, 7) is 8.01. The molecule has 2 aliphatic carbocycles. The minimum Gasteiger partial charge on any atom is -0.444 e. The van der Waals surface area contributed by atoms with Gasteiger partial charge in [0.15, 0.2) is 5.96 Å². The van der Waals surface area contributed by atoms with Gasteiger partial charge in [-0.25, -0.2) is 4.79 Å². The number of ether oxygens (including phenoxy) is 1. The molecular weight excluding hydrogens is 280 g/mol. The number of nitrogens with one attached hydrogen (secondary N) is 2. The number of aliphatic imine (C=N–C) groups is 1. The van der Waals surface area contributed by atoms with Gasteiger partial charge in [-0.2, -0.15) is 0 Å². The highest BCUT2D eigenvalue weighted by Crippen LogP contribution is 2.28. The smallest absolute Gasteiger partial charge is 0.410 e. The van der Waals surface area contributed by atoms with Crippen molar-refractivity contribution in [3.63, 3.8) is 0 Å². The maximum Gasteiger partial charge on any atom is 0.410 e. The van der Waals surface area contributed by atoms with Crippen molar-refractivity contribution >= 4 is 12.1 Å². The van der Waals surface area contributed by atoms with Crippen LogP contribution in [0.1, 0.15) is 46.5 Å². The zero-order chi connectivity index (χ0) is 16.2. The van der Waals surface area contributed by atoms with Crippen LogP contribution < -0.4 is 10.6 Å². The third kappa shape index (κ3) is 6.12. The summed E-state index contributed by atoms with van der Waals surface area (Å²) in [5, 5.41) is 6.59. The van der Waals surface area contributed by atoms with Crippen molar-refractivity contribution in [3.05, 3.63) is 0 Å². The summed E-state index contributed by atoms with van der Waals surface area (Å²) in [4.78, 5) is 18.3. The van der Waals surface area contributed by atoms with Crippen molar-refractivity contribution in [3.8, 4) is 0 Å². The fourth-order valence-electron chi connectivity index (χ4n) is 2.21. The number of hydrogen-bond donors (Lipinski definition) is 2. The first-order chi connectivity index (χ1) is 10.4. The Bertz CT molecular complexity index is 409. The third-order valence-electron chi connectivity index (χ3n) is 3.74. The summed E-state index contributed by atoms with van der Waals surface area (Å²) < 4.78 is 5.49. The van der Waals surface area contributed by atoms with Crippen LogP contribution in [0.4, 0.5) is 4.79 Å². The highest BCUT2D eigenvalue weighted by atomic mass is 16.6. The van der Waals surface area contributed by atoms with Gasteiger partial charge in [0.05, 0.1) is 0 Å². The van der Waals surface area contributed by atoms with Crippen LogP contribution in [-0.2, 0) is 4.74 Å². The Balaban J connectivity index is 1.72. The lowest BCUT2D eigenvalue weighted by molar-refractivity contribution is 0.0238. The van der Waals surface area contributed by atoms with Crippen molar-refractivity contribution in [2.75, 3.05) is 26.7 Å². The molecular formula is C16H30N4O2. The summed E-state index contributed by atoms with van der Waals surface area (Å²) in [5.74, 6) is 1.62. The fourth-order valence-corrected chi connectivity index (χ4v) is 2.21. The van der Waals surface area contributed by atoms with Crippen LogP contribution in [0.2, 0.25) is 0 Å². The molecule has 2 rings (SSSR count). The van der Waals surface area contributed by atoms with Crippen LogP contribution in [0.3, 0.4) is 0 Å². The predicted molar refractivity (Wildman–Crippen MR) is 88.1 cm³/mol. The van der Waals surface area contributed by atoms with Crippen LogP contribution in [0.25, 0.3) is 0 Å². The third-order valence-corrected chi connectivity index (χ3v) is 3.74. The van der Waals surface area contributed by atoms with E-state index in [1.165, 1.54) is 12.8 Å². The fraction of sp³-hybridized carbons (Fsp3) is 0.875. The highest BCUT2D eigenvalue weighted by molar-refractivity contribution is 5.79. The molecule has 2 fully saturated rings. The maximum absolute atomic E-state index is 12.2. The Hall–Kier alpha value is -1.46. The maximum atomic E-state index is 12.2. The van der Waals surface area contributed by atoms with E-state index >= 15 is 0 Å². The number of amides is 1. The summed E-state index contributed by atoms with van der Waals surface area (Å²) in [5.41, 5.74) is -0.445. The SMILES string of the molecule is CN=C(NCCN(C(=O)OC(C)(C)C)C1CC1)NCC1CC1. The molecule has 2 aliphatic rings. The van der Waals surface area contributed by atoms with Crippen LogP contribution in [0.15, 0.2) is 4.99 Å². The average molecular weight is 310 g/mol. The summed E-state index contributed by atoms with van der Waals surface area (Å²) >= 11 is 0. The molecule has 0 unspecified atom stereocenters. The molecule has 0 atom stereocenters. The van der Waals surface area contributed by atoms with Crippen LogP contribution in [0.5, 0.6) is 0 Å². The second-order valence-corrected chi connectivity index (χ2v) is 7.23. The Morgan fingerprint density at radius 2 is 1.91 bits per heavy atom. The minimum absolute atomic E-state index is 0.210. The number of hydrogen-bond acceptors (Lipinski definition) is 3. The van der Waals surface area contributed by atoms with E-state index in [-0.39, 0.29) is 6.09 Å².